The van der Waals surface area contributed by atoms with Crippen molar-refractivity contribution in [3.05, 3.63) is 35.9 Å². The van der Waals surface area contributed by atoms with Crippen LogP contribution in [0.2, 0.25) is 0 Å². The van der Waals surface area contributed by atoms with Gasteiger partial charge in [0.25, 0.3) is 0 Å². The van der Waals surface area contributed by atoms with Gasteiger partial charge < -0.3 is 19.3 Å². The van der Waals surface area contributed by atoms with E-state index in [1.54, 1.807) is 16.8 Å². The lowest BCUT2D eigenvalue weighted by Crippen LogP contribution is -2.51. The third-order valence-electron chi connectivity index (χ3n) is 5.63. The highest BCUT2D eigenvalue weighted by molar-refractivity contribution is 5.83. The van der Waals surface area contributed by atoms with Crippen molar-refractivity contribution in [1.29, 1.82) is 0 Å². The summed E-state index contributed by atoms with van der Waals surface area (Å²) < 4.78 is 10.7. The molecule has 0 N–H and O–H groups in total. The summed E-state index contributed by atoms with van der Waals surface area (Å²) in [4.78, 5) is 41.4. The maximum atomic E-state index is 12.8. The maximum Gasteiger partial charge on any atom is 0.410 e. The molecule has 3 heterocycles. The fourth-order valence-electron chi connectivity index (χ4n) is 4.04. The number of cyclic esters (lactones) is 1. The molecule has 0 aliphatic carbocycles. The first-order valence-electron chi connectivity index (χ1n) is 9.18. The molecule has 0 aromatic heterocycles. The van der Waals surface area contributed by atoms with Crippen molar-refractivity contribution in [2.45, 2.75) is 24.5 Å². The minimum absolute atomic E-state index is 0.00884. The molecule has 4 rings (SSSR count). The van der Waals surface area contributed by atoms with Gasteiger partial charge in [-0.15, -0.1) is 0 Å². The number of nitrogens with zero attached hydrogens (tertiary/aromatic N) is 3. The number of hydrogen-bond acceptors (Lipinski definition) is 5. The van der Waals surface area contributed by atoms with Gasteiger partial charge in [0.1, 0.15) is 18.8 Å². The van der Waals surface area contributed by atoms with Gasteiger partial charge in [-0.1, -0.05) is 30.3 Å². The van der Waals surface area contributed by atoms with Crippen molar-refractivity contribution >= 4 is 18.1 Å². The van der Waals surface area contributed by atoms with Crippen LogP contribution < -0.4 is 0 Å². The van der Waals surface area contributed by atoms with Crippen LogP contribution in [0.1, 0.15) is 24.4 Å². The van der Waals surface area contributed by atoms with Gasteiger partial charge in [-0.3, -0.25) is 9.69 Å². The highest BCUT2D eigenvalue weighted by atomic mass is 16.6. The van der Waals surface area contributed by atoms with Gasteiger partial charge in [0.2, 0.25) is 5.91 Å². The molecule has 1 aromatic rings. The van der Waals surface area contributed by atoms with Crippen LogP contribution in [0.15, 0.2) is 30.3 Å². The van der Waals surface area contributed by atoms with Crippen LogP contribution in [-0.2, 0) is 14.3 Å². The summed E-state index contributed by atoms with van der Waals surface area (Å²) in [6.07, 6.45) is 0.459. The summed E-state index contributed by atoms with van der Waals surface area (Å²) in [6, 6.07) is 9.33. The van der Waals surface area contributed by atoms with Gasteiger partial charge in [0.15, 0.2) is 0 Å². The predicted octanol–water partition coefficient (Wildman–Crippen LogP) is 1.62. The second-order valence-electron chi connectivity index (χ2n) is 7.42. The van der Waals surface area contributed by atoms with Gasteiger partial charge in [-0.2, -0.15) is 0 Å². The molecule has 8 heteroatoms. The normalized spacial score (nSPS) is 24.3. The molecule has 3 fully saturated rings. The van der Waals surface area contributed by atoms with Gasteiger partial charge in [-0.05, 0) is 5.56 Å². The first-order valence-corrected chi connectivity index (χ1v) is 9.18. The summed E-state index contributed by atoms with van der Waals surface area (Å²) in [6.45, 7) is 1.83. The lowest BCUT2D eigenvalue weighted by Gasteiger charge is -2.38. The molecule has 1 atom stereocenters. The van der Waals surface area contributed by atoms with E-state index in [-0.39, 0.29) is 31.2 Å². The van der Waals surface area contributed by atoms with Crippen LogP contribution in [0.5, 0.6) is 0 Å². The molecule has 0 unspecified atom stereocenters. The molecule has 0 radical (unpaired) electrons. The van der Waals surface area contributed by atoms with Gasteiger partial charge in [0, 0.05) is 33.0 Å². The molecule has 0 saturated carbocycles. The van der Waals surface area contributed by atoms with E-state index in [1.807, 2.05) is 30.3 Å². The number of rotatable bonds is 3. The Morgan fingerprint density at radius 3 is 2.48 bits per heavy atom. The quantitative estimate of drug-likeness (QED) is 0.805. The molecule has 0 bridgehead atoms. The number of amides is 3. The third-order valence-corrected chi connectivity index (χ3v) is 5.63. The zero-order valence-electron chi connectivity index (χ0n) is 15.3. The molecule has 3 aliphatic heterocycles. The Hall–Kier alpha value is -2.77. The molecule has 3 aliphatic rings. The molecular weight excluding hydrogens is 350 g/mol. The number of carbonyl (C=O) groups is 3. The summed E-state index contributed by atoms with van der Waals surface area (Å²) in [5.74, 6) is -0.109. The van der Waals surface area contributed by atoms with Crippen molar-refractivity contribution < 1.29 is 23.9 Å². The topological polar surface area (TPSA) is 79.4 Å². The maximum absolute atomic E-state index is 12.8. The minimum atomic E-state index is -0.484. The van der Waals surface area contributed by atoms with Crippen molar-refractivity contribution in [2.75, 3.05) is 39.8 Å². The second-order valence-corrected chi connectivity index (χ2v) is 7.42. The number of piperidine rings is 1. The van der Waals surface area contributed by atoms with Gasteiger partial charge in [0.05, 0.1) is 12.6 Å². The number of benzene rings is 1. The monoisotopic (exact) mass is 373 g/mol. The number of likely N-dealkylation sites (tertiary alicyclic amines) is 1. The fraction of sp³-hybridized carbons (Fsp3) is 0.526. The van der Waals surface area contributed by atoms with Crippen molar-refractivity contribution in [2.24, 2.45) is 0 Å². The van der Waals surface area contributed by atoms with Crippen LogP contribution >= 0.6 is 0 Å². The van der Waals surface area contributed by atoms with Crippen molar-refractivity contribution in [1.82, 2.24) is 14.7 Å². The number of likely N-dealkylation sites (N-methyl/N-ethyl adjacent to an activating group) is 1. The standard InChI is InChI=1S/C19H23N3O5/c1-20-13-19(27-17(20)24)7-9-21(10-8-19)16(23)11-22-15(12-26-18(22)25)14-5-3-2-4-6-14/h2-6,15H,7-13H2,1H3/t15-/m1/s1. The van der Waals surface area contributed by atoms with E-state index in [4.69, 9.17) is 9.47 Å². The van der Waals surface area contributed by atoms with E-state index in [1.165, 1.54) is 4.90 Å². The van der Waals surface area contributed by atoms with E-state index in [0.29, 0.717) is 32.5 Å². The van der Waals surface area contributed by atoms with Gasteiger partial charge in [-0.25, -0.2) is 9.59 Å². The van der Waals surface area contributed by atoms with Crippen LogP contribution in [-0.4, -0.2) is 78.2 Å². The molecule has 3 saturated heterocycles. The SMILES string of the molecule is CN1CC2(CCN(C(=O)CN3C(=O)OC[C@@H]3c3ccccc3)CC2)OC1=O. The van der Waals surface area contributed by atoms with Crippen molar-refractivity contribution in [3.63, 3.8) is 0 Å². The minimum Gasteiger partial charge on any atom is -0.447 e. The molecule has 1 aromatic carbocycles. The molecule has 1 spiro atoms. The highest BCUT2D eigenvalue weighted by Crippen LogP contribution is 2.33. The van der Waals surface area contributed by atoms with E-state index in [2.05, 4.69) is 0 Å². The lowest BCUT2D eigenvalue weighted by molar-refractivity contribution is -0.135. The van der Waals surface area contributed by atoms with Crippen molar-refractivity contribution in [3.8, 4) is 0 Å². The third kappa shape index (κ3) is 3.31. The molecule has 27 heavy (non-hydrogen) atoms. The Labute approximate surface area is 157 Å². The zero-order chi connectivity index (χ0) is 19.0. The van der Waals surface area contributed by atoms with Crippen LogP contribution in [0.4, 0.5) is 9.59 Å². The van der Waals surface area contributed by atoms with E-state index >= 15 is 0 Å². The summed E-state index contributed by atoms with van der Waals surface area (Å²) in [5, 5.41) is 0. The Morgan fingerprint density at radius 1 is 1.15 bits per heavy atom. The summed E-state index contributed by atoms with van der Waals surface area (Å²) in [5.41, 5.74) is 0.469. The average molecular weight is 373 g/mol. The predicted molar refractivity (Wildman–Crippen MR) is 94.9 cm³/mol. The Balaban J connectivity index is 1.38. The smallest absolute Gasteiger partial charge is 0.410 e. The van der Waals surface area contributed by atoms with E-state index in [0.717, 1.165) is 5.56 Å². The summed E-state index contributed by atoms with van der Waals surface area (Å²) >= 11 is 0. The van der Waals surface area contributed by atoms with Crippen LogP contribution in [0.25, 0.3) is 0 Å². The molecule has 8 nitrogen and oxygen atoms in total. The fourth-order valence-corrected chi connectivity index (χ4v) is 4.04. The Morgan fingerprint density at radius 2 is 1.85 bits per heavy atom. The number of hydrogen-bond donors (Lipinski definition) is 0. The lowest BCUT2D eigenvalue weighted by atomic mass is 9.91. The molecular formula is C19H23N3O5. The molecule has 144 valence electrons. The van der Waals surface area contributed by atoms with E-state index in [9.17, 15) is 14.4 Å². The van der Waals surface area contributed by atoms with E-state index < -0.39 is 11.7 Å². The largest absolute Gasteiger partial charge is 0.447 e. The van der Waals surface area contributed by atoms with Crippen LogP contribution in [0, 0.1) is 0 Å². The number of carbonyl (C=O) groups excluding carboxylic acids is 3. The Bertz CT molecular complexity index is 745. The summed E-state index contributed by atoms with van der Waals surface area (Å²) in [7, 11) is 1.72. The molecule has 3 amide bonds. The van der Waals surface area contributed by atoms with Crippen LogP contribution in [0.3, 0.4) is 0 Å². The van der Waals surface area contributed by atoms with Gasteiger partial charge >= 0.3 is 12.2 Å². The number of ether oxygens (including phenoxy) is 2. The first-order chi connectivity index (χ1) is 13.0. The Kier molecular flexibility index (Phi) is 4.41. The zero-order valence-corrected chi connectivity index (χ0v) is 15.3. The average Bonchev–Trinajstić information content (AvgIpc) is 3.16. The highest BCUT2D eigenvalue weighted by Gasteiger charge is 2.46. The first kappa shape index (κ1) is 17.6. The second kappa shape index (κ2) is 6.75.